The van der Waals surface area contributed by atoms with Gasteiger partial charge in [-0.2, -0.15) is 0 Å². The maximum Gasteiger partial charge on any atom is 0.158 e. The van der Waals surface area contributed by atoms with E-state index in [1.54, 1.807) is 31.2 Å². The normalized spacial score (nSPS) is 26.1. The minimum atomic E-state index is -1.14. The molecular weight excluding hydrogens is 286 g/mol. The van der Waals surface area contributed by atoms with E-state index in [1.165, 1.54) is 0 Å². The molecule has 1 rings (SSSR count). The van der Waals surface area contributed by atoms with Crippen molar-refractivity contribution in [3.8, 4) is 0 Å². The van der Waals surface area contributed by atoms with E-state index in [-0.39, 0.29) is 12.2 Å². The van der Waals surface area contributed by atoms with Gasteiger partial charge in [0, 0.05) is 12.8 Å². The van der Waals surface area contributed by atoms with Crippen LogP contribution >= 0.6 is 0 Å². The van der Waals surface area contributed by atoms with Gasteiger partial charge in [0.2, 0.25) is 0 Å². The Hall–Kier alpha value is -2.07. The molecule has 0 saturated heterocycles. The van der Waals surface area contributed by atoms with Gasteiger partial charge >= 0.3 is 0 Å². The van der Waals surface area contributed by atoms with E-state index < -0.39 is 11.7 Å². The molecular formula is C18H20F2O2. The average molecular weight is 306 g/mol. The third-order valence-electron chi connectivity index (χ3n) is 2.95. The van der Waals surface area contributed by atoms with Crippen LogP contribution in [0.5, 0.6) is 0 Å². The molecule has 0 fully saturated rings. The molecule has 0 atom stereocenters. The van der Waals surface area contributed by atoms with Crippen LogP contribution in [-0.4, -0.2) is 19.0 Å². The van der Waals surface area contributed by atoms with E-state index in [0.29, 0.717) is 30.8 Å². The first-order chi connectivity index (χ1) is 10.5. The van der Waals surface area contributed by atoms with E-state index in [4.69, 9.17) is 4.74 Å². The summed E-state index contributed by atoms with van der Waals surface area (Å²) in [5.41, 5.74) is 1.11. The van der Waals surface area contributed by atoms with Gasteiger partial charge in [0.25, 0.3) is 0 Å². The molecule has 22 heavy (non-hydrogen) atoms. The Morgan fingerprint density at radius 1 is 1.23 bits per heavy atom. The number of hydrogen-bond donors (Lipinski definition) is 0. The number of Topliss-reactive ketones (excluding diaryl/α,β-unsaturated/α-hetero) is 1. The van der Waals surface area contributed by atoms with Gasteiger partial charge in [0.05, 0.1) is 13.2 Å². The monoisotopic (exact) mass is 306 g/mol. The van der Waals surface area contributed by atoms with Gasteiger partial charge in [-0.1, -0.05) is 48.6 Å². The first-order valence-electron chi connectivity index (χ1n) is 7.00. The molecule has 1 heterocycles. The van der Waals surface area contributed by atoms with Crippen molar-refractivity contribution < 1.29 is 18.3 Å². The fraction of sp³-hybridized carbons (Fsp3) is 0.278. The van der Waals surface area contributed by atoms with Gasteiger partial charge in [-0.05, 0) is 18.6 Å². The SMILES string of the molecule is C=C(F)\C(F)=C/C1=C(\C)CC(=O)C/C=C\C=C/COC/C=C\1. The molecule has 4 heteroatoms. The molecule has 0 aromatic heterocycles. The molecule has 0 aromatic rings. The number of carbonyl (C=O) groups is 1. The lowest BCUT2D eigenvalue weighted by Crippen LogP contribution is -1.99. The second-order valence-electron chi connectivity index (χ2n) is 4.85. The Morgan fingerprint density at radius 2 is 1.91 bits per heavy atom. The summed E-state index contributed by atoms with van der Waals surface area (Å²) in [5, 5.41) is 0. The number of halogens is 2. The molecule has 118 valence electrons. The predicted octanol–water partition coefficient (Wildman–Crippen LogP) is 4.69. The van der Waals surface area contributed by atoms with E-state index in [0.717, 1.165) is 6.08 Å². The summed E-state index contributed by atoms with van der Waals surface area (Å²) in [5.74, 6) is -2.17. The highest BCUT2D eigenvalue weighted by Gasteiger charge is 2.07. The third kappa shape index (κ3) is 7.09. The van der Waals surface area contributed by atoms with Crippen molar-refractivity contribution in [2.75, 3.05) is 13.2 Å². The molecule has 0 radical (unpaired) electrons. The van der Waals surface area contributed by atoms with E-state index in [9.17, 15) is 13.6 Å². The molecule has 0 aromatic carbocycles. The number of carbonyl (C=O) groups excluding carboxylic acids is 1. The van der Waals surface area contributed by atoms with Crippen molar-refractivity contribution in [2.24, 2.45) is 0 Å². The molecule has 0 bridgehead atoms. The van der Waals surface area contributed by atoms with Crippen LogP contribution in [-0.2, 0) is 9.53 Å². The van der Waals surface area contributed by atoms with Gasteiger partial charge in [0.15, 0.2) is 11.7 Å². The summed E-state index contributed by atoms with van der Waals surface area (Å²) in [6.45, 7) is 5.42. The lowest BCUT2D eigenvalue weighted by molar-refractivity contribution is -0.117. The highest BCUT2D eigenvalue weighted by Crippen LogP contribution is 2.19. The molecule has 1 aliphatic heterocycles. The number of allylic oxidation sites excluding steroid dienone is 9. The Balaban J connectivity index is 3.03. The van der Waals surface area contributed by atoms with Crippen LogP contribution in [0.3, 0.4) is 0 Å². The van der Waals surface area contributed by atoms with Crippen LogP contribution in [0.15, 0.2) is 71.9 Å². The number of ketones is 1. The minimum absolute atomic E-state index is 0.00856. The zero-order valence-corrected chi connectivity index (χ0v) is 12.6. The van der Waals surface area contributed by atoms with Crippen molar-refractivity contribution in [1.29, 1.82) is 0 Å². The van der Waals surface area contributed by atoms with Crippen molar-refractivity contribution in [1.82, 2.24) is 0 Å². The molecule has 0 unspecified atom stereocenters. The van der Waals surface area contributed by atoms with Crippen LogP contribution in [0.2, 0.25) is 0 Å². The topological polar surface area (TPSA) is 26.3 Å². The second-order valence-corrected chi connectivity index (χ2v) is 4.85. The zero-order chi connectivity index (χ0) is 16.4. The lowest BCUT2D eigenvalue weighted by atomic mass is 10.0. The minimum Gasteiger partial charge on any atom is -0.373 e. The fourth-order valence-electron chi connectivity index (χ4n) is 1.79. The summed E-state index contributed by atoms with van der Waals surface area (Å²) in [4.78, 5) is 11.9. The van der Waals surface area contributed by atoms with Gasteiger partial charge in [-0.25, -0.2) is 8.78 Å². The molecule has 0 amide bonds. The van der Waals surface area contributed by atoms with Crippen LogP contribution in [0.1, 0.15) is 19.8 Å². The Bertz CT molecular complexity index is 564. The Morgan fingerprint density at radius 3 is 2.64 bits per heavy atom. The molecule has 0 N–H and O–H groups in total. The summed E-state index contributed by atoms with van der Waals surface area (Å²) in [7, 11) is 0. The highest BCUT2D eigenvalue weighted by atomic mass is 19.2. The molecule has 0 saturated carbocycles. The smallest absolute Gasteiger partial charge is 0.158 e. The zero-order valence-electron chi connectivity index (χ0n) is 12.6. The number of hydrogen-bond acceptors (Lipinski definition) is 2. The average Bonchev–Trinajstić information content (AvgIpc) is 2.46. The van der Waals surface area contributed by atoms with Crippen LogP contribution in [0, 0.1) is 0 Å². The predicted molar refractivity (Wildman–Crippen MR) is 84.6 cm³/mol. The van der Waals surface area contributed by atoms with Crippen LogP contribution in [0.25, 0.3) is 0 Å². The fourth-order valence-corrected chi connectivity index (χ4v) is 1.79. The van der Waals surface area contributed by atoms with Gasteiger partial charge in [-0.15, -0.1) is 0 Å². The number of ether oxygens (including phenoxy) is 1. The van der Waals surface area contributed by atoms with E-state index in [1.807, 2.05) is 12.2 Å². The van der Waals surface area contributed by atoms with Gasteiger partial charge in [0.1, 0.15) is 5.78 Å². The van der Waals surface area contributed by atoms with Crippen molar-refractivity contribution in [2.45, 2.75) is 19.8 Å². The number of rotatable bonds is 2. The quantitative estimate of drug-likeness (QED) is 0.692. The first kappa shape index (κ1) is 18.0. The highest BCUT2D eigenvalue weighted by molar-refractivity contribution is 5.82. The summed E-state index contributed by atoms with van der Waals surface area (Å²) >= 11 is 0. The Labute approximate surface area is 129 Å². The van der Waals surface area contributed by atoms with Crippen LogP contribution < -0.4 is 0 Å². The summed E-state index contributed by atoms with van der Waals surface area (Å²) in [6.07, 6.45) is 12.0. The molecule has 0 aliphatic carbocycles. The van der Waals surface area contributed by atoms with Crippen LogP contribution in [0.4, 0.5) is 8.78 Å². The standard InChI is InChI=1S/C18H20F2O2/c1-14-12-17(21)9-5-3-4-6-10-22-11-7-8-16(14)13-18(20)15(2)19/h3-8,13H,2,9-12H2,1H3/b5-3-,6-4-,8-7-,16-14+,18-13+. The third-order valence-corrected chi connectivity index (χ3v) is 2.95. The Kier molecular flexibility index (Phi) is 8.00. The van der Waals surface area contributed by atoms with E-state index >= 15 is 0 Å². The van der Waals surface area contributed by atoms with Crippen molar-refractivity contribution >= 4 is 5.78 Å². The molecule has 1 aliphatic rings. The molecule has 2 nitrogen and oxygen atoms in total. The summed E-state index contributed by atoms with van der Waals surface area (Å²) in [6, 6.07) is 0. The second kappa shape index (κ2) is 9.79. The summed E-state index contributed by atoms with van der Waals surface area (Å²) < 4.78 is 31.6. The maximum atomic E-state index is 13.4. The van der Waals surface area contributed by atoms with Gasteiger partial charge < -0.3 is 4.74 Å². The largest absolute Gasteiger partial charge is 0.373 e. The lowest BCUT2D eigenvalue weighted by Gasteiger charge is -2.05. The van der Waals surface area contributed by atoms with Gasteiger partial charge in [-0.3, -0.25) is 4.79 Å². The van der Waals surface area contributed by atoms with Crippen molar-refractivity contribution in [3.63, 3.8) is 0 Å². The maximum absolute atomic E-state index is 13.4. The van der Waals surface area contributed by atoms with Crippen molar-refractivity contribution in [3.05, 3.63) is 71.9 Å². The first-order valence-corrected chi connectivity index (χ1v) is 7.00. The molecule has 0 spiro atoms. The van der Waals surface area contributed by atoms with E-state index in [2.05, 4.69) is 6.58 Å².